The fraction of sp³-hybridized carbons (Fsp3) is 0.667. The van der Waals surface area contributed by atoms with E-state index in [1.807, 2.05) is 6.07 Å². The van der Waals surface area contributed by atoms with Gasteiger partial charge in [0.2, 0.25) is 0 Å². The minimum absolute atomic E-state index is 0.774. The quantitative estimate of drug-likeness (QED) is 0.802. The van der Waals surface area contributed by atoms with Crippen molar-refractivity contribution in [2.24, 2.45) is 17.8 Å². The molecule has 0 bridgehead atoms. The van der Waals surface area contributed by atoms with E-state index in [9.17, 15) is 0 Å². The van der Waals surface area contributed by atoms with Crippen LogP contribution in [0.4, 0.5) is 0 Å². The third kappa shape index (κ3) is 4.72. The van der Waals surface area contributed by atoms with Crippen molar-refractivity contribution < 1.29 is 4.74 Å². The normalized spacial score (nSPS) is 25.8. The molecule has 0 aromatic heterocycles. The van der Waals surface area contributed by atoms with Crippen molar-refractivity contribution in [1.82, 2.24) is 5.32 Å². The van der Waals surface area contributed by atoms with Crippen molar-refractivity contribution in [2.75, 3.05) is 20.2 Å². The van der Waals surface area contributed by atoms with Gasteiger partial charge in [0.1, 0.15) is 5.75 Å². The summed E-state index contributed by atoms with van der Waals surface area (Å²) < 4.78 is 6.59. The van der Waals surface area contributed by atoms with E-state index in [2.05, 4.69) is 47.2 Å². The smallest absolute Gasteiger partial charge is 0.119 e. The number of benzene rings is 1. The Hall–Kier alpha value is -0.540. The molecule has 1 aromatic rings. The van der Waals surface area contributed by atoms with Crippen LogP contribution < -0.4 is 10.1 Å². The van der Waals surface area contributed by atoms with Crippen molar-refractivity contribution in [3.63, 3.8) is 0 Å². The summed E-state index contributed by atoms with van der Waals surface area (Å²) in [6, 6.07) is 6.32. The second-order valence-corrected chi connectivity index (χ2v) is 7.26. The maximum Gasteiger partial charge on any atom is 0.119 e. The first-order valence-electron chi connectivity index (χ1n) is 8.17. The highest BCUT2D eigenvalue weighted by Gasteiger charge is 2.28. The number of methoxy groups -OCH3 is 1. The van der Waals surface area contributed by atoms with Crippen LogP contribution in [0.25, 0.3) is 0 Å². The molecular formula is C18H28BrNO. The molecule has 21 heavy (non-hydrogen) atoms. The molecule has 0 radical (unpaired) electrons. The highest BCUT2D eigenvalue weighted by molar-refractivity contribution is 9.10. The van der Waals surface area contributed by atoms with Gasteiger partial charge in [0, 0.05) is 4.47 Å². The highest BCUT2D eigenvalue weighted by atomic mass is 79.9. The molecule has 0 amide bonds. The van der Waals surface area contributed by atoms with Gasteiger partial charge in [-0.05, 0) is 73.9 Å². The van der Waals surface area contributed by atoms with E-state index in [4.69, 9.17) is 4.74 Å². The lowest BCUT2D eigenvalue weighted by atomic mass is 9.72. The van der Waals surface area contributed by atoms with Crippen molar-refractivity contribution in [2.45, 2.75) is 39.5 Å². The first-order chi connectivity index (χ1) is 10.1. The second kappa shape index (κ2) is 8.19. The van der Waals surface area contributed by atoms with Gasteiger partial charge < -0.3 is 10.1 Å². The highest BCUT2D eigenvalue weighted by Crippen LogP contribution is 2.37. The Labute approximate surface area is 137 Å². The number of hydrogen-bond acceptors (Lipinski definition) is 2. The number of halogens is 1. The molecule has 0 aliphatic heterocycles. The average molecular weight is 354 g/mol. The summed E-state index contributed by atoms with van der Waals surface area (Å²) in [6.45, 7) is 6.83. The Morgan fingerprint density at radius 3 is 2.81 bits per heavy atom. The Balaban J connectivity index is 2.09. The topological polar surface area (TPSA) is 21.3 Å². The van der Waals surface area contributed by atoms with Crippen LogP contribution in [0.5, 0.6) is 5.75 Å². The fourth-order valence-corrected chi connectivity index (χ4v) is 3.94. The van der Waals surface area contributed by atoms with E-state index in [0.29, 0.717) is 0 Å². The Morgan fingerprint density at radius 2 is 2.10 bits per heavy atom. The predicted octanol–water partition coefficient (Wildman–Crippen LogP) is 4.66. The molecule has 1 aliphatic carbocycles. The largest absolute Gasteiger partial charge is 0.497 e. The lowest BCUT2D eigenvalue weighted by Crippen LogP contribution is -2.33. The maximum atomic E-state index is 5.38. The summed E-state index contributed by atoms with van der Waals surface area (Å²) in [5.74, 6) is 3.40. The van der Waals surface area contributed by atoms with Crippen LogP contribution in [0.1, 0.15) is 38.7 Å². The first kappa shape index (κ1) is 16.8. The molecule has 1 saturated carbocycles. The third-order valence-corrected chi connectivity index (χ3v) is 5.57. The van der Waals surface area contributed by atoms with Gasteiger partial charge in [0.25, 0.3) is 0 Å². The lowest BCUT2D eigenvalue weighted by molar-refractivity contribution is 0.184. The summed E-state index contributed by atoms with van der Waals surface area (Å²) in [5.41, 5.74) is 1.38. The molecule has 0 saturated heterocycles. The van der Waals surface area contributed by atoms with Gasteiger partial charge >= 0.3 is 0 Å². The zero-order valence-electron chi connectivity index (χ0n) is 13.5. The van der Waals surface area contributed by atoms with Crippen molar-refractivity contribution >= 4 is 15.9 Å². The van der Waals surface area contributed by atoms with Gasteiger partial charge in [0.05, 0.1) is 7.11 Å². The first-order valence-corrected chi connectivity index (χ1v) is 8.96. The van der Waals surface area contributed by atoms with Crippen LogP contribution in [0.15, 0.2) is 22.7 Å². The zero-order valence-corrected chi connectivity index (χ0v) is 15.1. The molecule has 1 aliphatic rings. The molecule has 0 spiro atoms. The minimum atomic E-state index is 0.774. The standard InChI is InChI=1S/C18H28BrNO/c1-4-20-12-14-6-5-13(2)9-15(14)10-16-11-17(21-3)7-8-18(16)19/h7-8,11,13-15,20H,4-6,9-10,12H2,1-3H3. The van der Waals surface area contributed by atoms with Crippen molar-refractivity contribution in [1.29, 1.82) is 0 Å². The van der Waals surface area contributed by atoms with E-state index in [1.165, 1.54) is 29.3 Å². The summed E-state index contributed by atoms with van der Waals surface area (Å²) >= 11 is 3.70. The number of nitrogens with one attached hydrogen (secondary N) is 1. The van der Waals surface area contributed by atoms with Crippen LogP contribution in [-0.4, -0.2) is 20.2 Å². The molecule has 3 atom stereocenters. The van der Waals surface area contributed by atoms with Crippen molar-refractivity contribution in [3.05, 3.63) is 28.2 Å². The second-order valence-electron chi connectivity index (χ2n) is 6.41. The SMILES string of the molecule is CCNCC1CCC(C)CC1Cc1cc(OC)ccc1Br. The molecule has 2 nitrogen and oxygen atoms in total. The van der Waals surface area contributed by atoms with Gasteiger partial charge in [0.15, 0.2) is 0 Å². The monoisotopic (exact) mass is 353 g/mol. The number of rotatable bonds is 6. The van der Waals surface area contributed by atoms with E-state index in [-0.39, 0.29) is 0 Å². The van der Waals surface area contributed by atoms with Crippen LogP contribution in [0, 0.1) is 17.8 Å². The predicted molar refractivity (Wildman–Crippen MR) is 92.9 cm³/mol. The van der Waals surface area contributed by atoms with E-state index < -0.39 is 0 Å². The van der Waals surface area contributed by atoms with E-state index >= 15 is 0 Å². The van der Waals surface area contributed by atoms with Crippen molar-refractivity contribution in [3.8, 4) is 5.75 Å². The van der Waals surface area contributed by atoms with Gasteiger partial charge in [-0.2, -0.15) is 0 Å². The summed E-state index contributed by atoms with van der Waals surface area (Å²) in [4.78, 5) is 0. The van der Waals surface area contributed by atoms with E-state index in [1.54, 1.807) is 7.11 Å². The van der Waals surface area contributed by atoms with E-state index in [0.717, 1.165) is 43.0 Å². The molecule has 3 heteroatoms. The fourth-order valence-electron chi connectivity index (χ4n) is 3.53. The lowest BCUT2D eigenvalue weighted by Gasteiger charge is -2.35. The third-order valence-electron chi connectivity index (χ3n) is 4.79. The zero-order chi connectivity index (χ0) is 15.2. The number of ether oxygens (including phenoxy) is 1. The molecule has 0 heterocycles. The summed E-state index contributed by atoms with van der Waals surface area (Å²) in [7, 11) is 1.74. The molecule has 1 aromatic carbocycles. The number of hydrogen-bond donors (Lipinski definition) is 1. The Kier molecular flexibility index (Phi) is 6.56. The molecule has 2 rings (SSSR count). The molecule has 3 unspecified atom stereocenters. The van der Waals surface area contributed by atoms with Gasteiger partial charge in [-0.3, -0.25) is 0 Å². The molecule has 1 N–H and O–H groups in total. The minimum Gasteiger partial charge on any atom is -0.497 e. The van der Waals surface area contributed by atoms with Gasteiger partial charge in [-0.25, -0.2) is 0 Å². The Bertz CT molecular complexity index is 447. The summed E-state index contributed by atoms with van der Waals surface area (Å²) in [6.07, 6.45) is 5.24. The van der Waals surface area contributed by atoms with Crippen LogP contribution in [0.2, 0.25) is 0 Å². The Morgan fingerprint density at radius 1 is 1.29 bits per heavy atom. The van der Waals surface area contributed by atoms with Crippen LogP contribution in [0.3, 0.4) is 0 Å². The molecule has 118 valence electrons. The molecular weight excluding hydrogens is 326 g/mol. The summed E-state index contributed by atoms with van der Waals surface area (Å²) in [5, 5.41) is 3.55. The van der Waals surface area contributed by atoms with Crippen LogP contribution in [-0.2, 0) is 6.42 Å². The molecule has 1 fully saturated rings. The average Bonchev–Trinajstić information content (AvgIpc) is 2.49. The van der Waals surface area contributed by atoms with Gasteiger partial charge in [-0.1, -0.05) is 36.2 Å². The van der Waals surface area contributed by atoms with Gasteiger partial charge in [-0.15, -0.1) is 0 Å². The maximum absolute atomic E-state index is 5.38. The van der Waals surface area contributed by atoms with Crippen LogP contribution >= 0.6 is 15.9 Å².